The Labute approximate surface area is 200 Å². The Morgan fingerprint density at radius 1 is 1.00 bits per heavy atom. The number of amides is 1. The monoisotopic (exact) mass is 457 g/mol. The molecule has 0 saturated carbocycles. The summed E-state index contributed by atoms with van der Waals surface area (Å²) >= 11 is 0. The molecule has 2 aromatic carbocycles. The van der Waals surface area contributed by atoms with Gasteiger partial charge in [0.25, 0.3) is 5.91 Å². The van der Waals surface area contributed by atoms with Crippen molar-refractivity contribution in [2.75, 3.05) is 5.32 Å². The molecule has 0 atom stereocenters. The summed E-state index contributed by atoms with van der Waals surface area (Å²) in [5.74, 6) is 0.961. The summed E-state index contributed by atoms with van der Waals surface area (Å²) < 4.78 is 9.33. The van der Waals surface area contributed by atoms with Crippen LogP contribution in [-0.2, 0) is 13.3 Å². The molecule has 7 nitrogen and oxygen atoms in total. The number of carbonyl (C=O) groups excluding carboxylic acids is 1. The van der Waals surface area contributed by atoms with Crippen LogP contribution in [0.15, 0.2) is 60.8 Å². The number of nitrogens with one attached hydrogen (secondary N) is 1. The van der Waals surface area contributed by atoms with E-state index in [0.717, 1.165) is 22.8 Å². The molecular formula is C27H31N5O2. The van der Waals surface area contributed by atoms with E-state index in [1.165, 1.54) is 16.7 Å². The summed E-state index contributed by atoms with van der Waals surface area (Å²) in [7, 11) is 0. The van der Waals surface area contributed by atoms with Crippen LogP contribution in [0.5, 0.6) is 5.75 Å². The van der Waals surface area contributed by atoms with E-state index < -0.39 is 0 Å². The highest BCUT2D eigenvalue weighted by atomic mass is 16.5. The Balaban J connectivity index is 1.40. The number of carbonyl (C=O) groups is 1. The molecule has 0 aliphatic heterocycles. The first-order valence-corrected chi connectivity index (χ1v) is 11.5. The van der Waals surface area contributed by atoms with Crippen molar-refractivity contribution in [3.63, 3.8) is 0 Å². The number of rotatable bonds is 8. The van der Waals surface area contributed by atoms with Gasteiger partial charge in [0.05, 0.1) is 23.6 Å². The van der Waals surface area contributed by atoms with Gasteiger partial charge < -0.3 is 10.1 Å². The van der Waals surface area contributed by atoms with E-state index in [9.17, 15) is 4.79 Å². The van der Waals surface area contributed by atoms with Gasteiger partial charge in [0.15, 0.2) is 12.4 Å². The highest BCUT2D eigenvalue weighted by Gasteiger charge is 2.17. The number of hydrogen-bond donors (Lipinski definition) is 1. The molecule has 2 heterocycles. The van der Waals surface area contributed by atoms with E-state index in [2.05, 4.69) is 60.6 Å². The summed E-state index contributed by atoms with van der Waals surface area (Å²) in [6, 6.07) is 17.9. The molecule has 1 amide bonds. The highest BCUT2D eigenvalue weighted by Crippen LogP contribution is 2.22. The molecule has 4 rings (SSSR count). The third kappa shape index (κ3) is 5.20. The Kier molecular flexibility index (Phi) is 6.82. The first kappa shape index (κ1) is 23.3. The van der Waals surface area contributed by atoms with Crippen molar-refractivity contribution >= 4 is 11.6 Å². The molecule has 0 aliphatic rings. The van der Waals surface area contributed by atoms with Crippen molar-refractivity contribution in [2.45, 2.75) is 53.8 Å². The number of aromatic nitrogens is 4. The lowest BCUT2D eigenvalue weighted by Gasteiger charge is -2.09. The van der Waals surface area contributed by atoms with Crippen LogP contribution in [0.25, 0.3) is 0 Å². The Morgan fingerprint density at radius 2 is 1.74 bits per heavy atom. The van der Waals surface area contributed by atoms with Gasteiger partial charge in [0.2, 0.25) is 0 Å². The molecule has 0 bridgehead atoms. The molecule has 7 heteroatoms. The normalized spacial score (nSPS) is 11.1. The van der Waals surface area contributed by atoms with Crippen molar-refractivity contribution in [3.05, 3.63) is 94.6 Å². The van der Waals surface area contributed by atoms with E-state index in [4.69, 9.17) is 4.74 Å². The fourth-order valence-corrected chi connectivity index (χ4v) is 3.80. The van der Waals surface area contributed by atoms with Crippen LogP contribution < -0.4 is 10.1 Å². The zero-order chi connectivity index (χ0) is 24.2. The molecule has 4 aromatic rings. The summed E-state index contributed by atoms with van der Waals surface area (Å²) in [5.41, 5.74) is 6.39. The first-order chi connectivity index (χ1) is 16.3. The van der Waals surface area contributed by atoms with Gasteiger partial charge in [-0.3, -0.25) is 9.48 Å². The van der Waals surface area contributed by atoms with Crippen molar-refractivity contribution in [1.29, 1.82) is 0 Å². The van der Waals surface area contributed by atoms with Crippen LogP contribution in [0.3, 0.4) is 0 Å². The minimum absolute atomic E-state index is 0.223. The Morgan fingerprint density at radius 3 is 2.44 bits per heavy atom. The Hall–Kier alpha value is -3.87. The maximum absolute atomic E-state index is 12.9. The van der Waals surface area contributed by atoms with E-state index in [0.29, 0.717) is 18.2 Å². The molecule has 176 valence electrons. The Bertz CT molecular complexity index is 1280. The lowest BCUT2D eigenvalue weighted by atomic mass is 10.0. The number of nitrogens with zero attached hydrogens (tertiary/aromatic N) is 4. The van der Waals surface area contributed by atoms with E-state index >= 15 is 0 Å². The standard InChI is InChI=1S/C27H31N5O2/c1-18(2)22-10-12-24(13-11-22)34-17-31-15-14-25(30-31)27(33)28-26-20(4)29-32(21(26)5)16-23-9-7-6-8-19(23)3/h6-15,18H,16-17H2,1-5H3,(H,28,33). The van der Waals surface area contributed by atoms with Gasteiger partial charge in [-0.25, -0.2) is 4.68 Å². The van der Waals surface area contributed by atoms with Gasteiger partial charge in [-0.05, 0) is 61.6 Å². The van der Waals surface area contributed by atoms with Crippen LogP contribution in [-0.4, -0.2) is 25.5 Å². The molecule has 0 spiro atoms. The minimum atomic E-state index is -0.276. The van der Waals surface area contributed by atoms with E-state index in [1.807, 2.05) is 42.8 Å². The zero-order valence-corrected chi connectivity index (χ0v) is 20.4. The molecule has 34 heavy (non-hydrogen) atoms. The smallest absolute Gasteiger partial charge is 0.276 e. The number of anilines is 1. The molecule has 0 radical (unpaired) electrons. The van der Waals surface area contributed by atoms with E-state index in [1.54, 1.807) is 16.9 Å². The molecule has 0 aliphatic carbocycles. The first-order valence-electron chi connectivity index (χ1n) is 11.5. The summed E-state index contributed by atoms with van der Waals surface area (Å²) in [6.45, 7) is 11.1. The fourth-order valence-electron chi connectivity index (χ4n) is 3.80. The van der Waals surface area contributed by atoms with Crippen LogP contribution in [0.4, 0.5) is 5.69 Å². The topological polar surface area (TPSA) is 74.0 Å². The second-order valence-electron chi connectivity index (χ2n) is 8.82. The third-order valence-corrected chi connectivity index (χ3v) is 5.98. The van der Waals surface area contributed by atoms with Crippen LogP contribution in [0.1, 0.15) is 58.3 Å². The van der Waals surface area contributed by atoms with Gasteiger partial charge >= 0.3 is 0 Å². The van der Waals surface area contributed by atoms with Gasteiger partial charge in [-0.1, -0.05) is 50.2 Å². The summed E-state index contributed by atoms with van der Waals surface area (Å²) in [4.78, 5) is 12.9. The maximum atomic E-state index is 12.9. The summed E-state index contributed by atoms with van der Waals surface area (Å²) in [6.07, 6.45) is 1.73. The maximum Gasteiger partial charge on any atom is 0.276 e. The largest absolute Gasteiger partial charge is 0.471 e. The van der Waals surface area contributed by atoms with Gasteiger partial charge in [0.1, 0.15) is 5.75 Å². The zero-order valence-electron chi connectivity index (χ0n) is 20.4. The van der Waals surface area contributed by atoms with Crippen molar-refractivity contribution in [3.8, 4) is 5.75 Å². The SMILES string of the molecule is Cc1ccccc1Cn1nc(C)c(NC(=O)c2ccn(COc3ccc(C(C)C)cc3)n2)c1C. The molecule has 1 N–H and O–H groups in total. The fraction of sp³-hybridized carbons (Fsp3) is 0.296. The lowest BCUT2D eigenvalue weighted by molar-refractivity contribution is 0.102. The number of benzene rings is 2. The van der Waals surface area contributed by atoms with Crippen molar-refractivity contribution < 1.29 is 9.53 Å². The average Bonchev–Trinajstić information content (AvgIpc) is 3.40. The average molecular weight is 458 g/mol. The van der Waals surface area contributed by atoms with Gasteiger partial charge in [-0.15, -0.1) is 0 Å². The molecular weight excluding hydrogens is 426 g/mol. The predicted molar refractivity (Wildman–Crippen MR) is 133 cm³/mol. The number of hydrogen-bond acceptors (Lipinski definition) is 4. The van der Waals surface area contributed by atoms with Crippen LogP contribution in [0, 0.1) is 20.8 Å². The lowest BCUT2D eigenvalue weighted by Crippen LogP contribution is -2.15. The molecule has 0 unspecified atom stereocenters. The second-order valence-corrected chi connectivity index (χ2v) is 8.82. The van der Waals surface area contributed by atoms with Crippen LogP contribution in [0.2, 0.25) is 0 Å². The van der Waals surface area contributed by atoms with Crippen molar-refractivity contribution in [2.24, 2.45) is 0 Å². The number of ether oxygens (including phenoxy) is 1. The summed E-state index contributed by atoms with van der Waals surface area (Å²) in [5, 5.41) is 12.0. The molecule has 0 saturated heterocycles. The van der Waals surface area contributed by atoms with E-state index in [-0.39, 0.29) is 12.6 Å². The van der Waals surface area contributed by atoms with Crippen LogP contribution >= 0.6 is 0 Å². The molecule has 2 aromatic heterocycles. The predicted octanol–water partition coefficient (Wildman–Crippen LogP) is 5.47. The quantitative estimate of drug-likeness (QED) is 0.381. The highest BCUT2D eigenvalue weighted by molar-refractivity contribution is 6.03. The van der Waals surface area contributed by atoms with Gasteiger partial charge in [-0.2, -0.15) is 10.2 Å². The number of aryl methyl sites for hydroxylation is 2. The second kappa shape index (κ2) is 9.95. The molecule has 0 fully saturated rings. The van der Waals surface area contributed by atoms with Gasteiger partial charge in [0, 0.05) is 6.20 Å². The third-order valence-electron chi connectivity index (χ3n) is 5.98. The minimum Gasteiger partial charge on any atom is -0.471 e. The van der Waals surface area contributed by atoms with Crippen molar-refractivity contribution in [1.82, 2.24) is 19.6 Å².